The summed E-state index contributed by atoms with van der Waals surface area (Å²) in [7, 11) is 0. The molecule has 26 heavy (non-hydrogen) atoms. The number of anilines is 1. The molecule has 5 rings (SSSR count). The number of nitrogens with one attached hydrogen (secondary N) is 1. The monoisotopic (exact) mass is 347 g/mol. The van der Waals surface area contributed by atoms with Crippen molar-refractivity contribution in [3.05, 3.63) is 64.2 Å². The van der Waals surface area contributed by atoms with Gasteiger partial charge in [-0.1, -0.05) is 23.8 Å². The van der Waals surface area contributed by atoms with Crippen LogP contribution in [0.2, 0.25) is 0 Å². The predicted octanol–water partition coefficient (Wildman–Crippen LogP) is 5.30. The lowest BCUT2D eigenvalue weighted by Gasteiger charge is -2.44. The first-order valence-corrected chi connectivity index (χ1v) is 9.74. The maximum Gasteiger partial charge on any atom is 0.335 e. The first-order valence-electron chi connectivity index (χ1n) is 9.74. The van der Waals surface area contributed by atoms with Gasteiger partial charge in [-0.05, 0) is 91.7 Å². The van der Waals surface area contributed by atoms with Gasteiger partial charge in [0, 0.05) is 5.69 Å². The Hall–Kier alpha value is -2.29. The van der Waals surface area contributed by atoms with Gasteiger partial charge in [0.2, 0.25) is 0 Å². The summed E-state index contributed by atoms with van der Waals surface area (Å²) in [5.74, 6) is 1.70. The topological polar surface area (TPSA) is 49.3 Å². The molecule has 2 aromatic rings. The quantitative estimate of drug-likeness (QED) is 0.775. The number of rotatable bonds is 2. The highest BCUT2D eigenvalue weighted by molar-refractivity contribution is 5.88. The fraction of sp³-hybridized carbons (Fsp3) is 0.435. The highest BCUT2D eigenvalue weighted by Gasteiger charge is 2.54. The lowest BCUT2D eigenvalue weighted by molar-refractivity contribution is 0.0696. The molecule has 0 aromatic heterocycles. The lowest BCUT2D eigenvalue weighted by atomic mass is 9.67. The van der Waals surface area contributed by atoms with Crippen molar-refractivity contribution >= 4 is 11.7 Å². The summed E-state index contributed by atoms with van der Waals surface area (Å²) in [6.07, 6.45) is 3.92. The SMILES string of the molecule is Cc1ccc(C)c([C@@H]2Nc3ccc(C(=O)O)cc3[C@H]3[C@H]4CC[C@@H](C4)[C@H]32)c1. The molecule has 0 saturated heterocycles. The van der Waals surface area contributed by atoms with Gasteiger partial charge >= 0.3 is 5.97 Å². The van der Waals surface area contributed by atoms with Crippen LogP contribution in [0, 0.1) is 31.6 Å². The number of benzene rings is 2. The van der Waals surface area contributed by atoms with E-state index in [-0.39, 0.29) is 0 Å². The van der Waals surface area contributed by atoms with Crippen LogP contribution in [0.15, 0.2) is 36.4 Å². The Kier molecular flexibility index (Phi) is 3.43. The van der Waals surface area contributed by atoms with Crippen LogP contribution in [0.3, 0.4) is 0 Å². The number of hydrogen-bond donors (Lipinski definition) is 2. The normalized spacial score (nSPS) is 31.2. The summed E-state index contributed by atoms with van der Waals surface area (Å²) in [5.41, 5.74) is 6.86. The fourth-order valence-corrected chi connectivity index (χ4v) is 6.02. The minimum atomic E-state index is -0.829. The largest absolute Gasteiger partial charge is 0.478 e. The Bertz CT molecular complexity index is 903. The molecule has 1 heterocycles. The molecule has 0 radical (unpaired) electrons. The molecule has 5 atom stereocenters. The Balaban J connectivity index is 1.66. The number of carboxylic acid groups (broad SMARTS) is 1. The van der Waals surface area contributed by atoms with Crippen molar-refractivity contribution in [3.63, 3.8) is 0 Å². The average molecular weight is 347 g/mol. The van der Waals surface area contributed by atoms with Crippen molar-refractivity contribution < 1.29 is 9.90 Å². The second-order valence-electron chi connectivity index (χ2n) is 8.53. The first-order chi connectivity index (χ1) is 12.5. The number of fused-ring (bicyclic) bond motifs is 7. The molecule has 3 aliphatic rings. The summed E-state index contributed by atoms with van der Waals surface area (Å²) in [4.78, 5) is 11.5. The zero-order valence-electron chi connectivity index (χ0n) is 15.3. The van der Waals surface area contributed by atoms with Crippen molar-refractivity contribution in [1.29, 1.82) is 0 Å². The third kappa shape index (κ3) is 2.22. The van der Waals surface area contributed by atoms with E-state index in [1.54, 1.807) is 6.07 Å². The molecule has 0 spiro atoms. The van der Waals surface area contributed by atoms with Crippen LogP contribution in [-0.4, -0.2) is 11.1 Å². The number of aryl methyl sites for hydroxylation is 2. The van der Waals surface area contributed by atoms with Gasteiger partial charge in [-0.15, -0.1) is 0 Å². The molecule has 2 aliphatic carbocycles. The Morgan fingerprint density at radius 2 is 1.85 bits per heavy atom. The van der Waals surface area contributed by atoms with Gasteiger partial charge < -0.3 is 10.4 Å². The molecule has 2 fully saturated rings. The highest BCUT2D eigenvalue weighted by atomic mass is 16.4. The fourth-order valence-electron chi connectivity index (χ4n) is 6.02. The third-order valence-corrected chi connectivity index (χ3v) is 7.10. The van der Waals surface area contributed by atoms with E-state index >= 15 is 0 Å². The molecule has 2 saturated carbocycles. The maximum atomic E-state index is 11.5. The summed E-state index contributed by atoms with van der Waals surface area (Å²) < 4.78 is 0. The third-order valence-electron chi connectivity index (χ3n) is 7.10. The van der Waals surface area contributed by atoms with Crippen molar-refractivity contribution in [2.24, 2.45) is 17.8 Å². The van der Waals surface area contributed by atoms with Crippen molar-refractivity contribution in [1.82, 2.24) is 0 Å². The molecular formula is C23H25NO2. The molecule has 0 amide bonds. The highest BCUT2D eigenvalue weighted by Crippen LogP contribution is 2.63. The number of carboxylic acids is 1. The van der Waals surface area contributed by atoms with E-state index in [2.05, 4.69) is 37.4 Å². The van der Waals surface area contributed by atoms with Crippen molar-refractivity contribution in [2.45, 2.75) is 45.1 Å². The molecule has 2 bridgehead atoms. The van der Waals surface area contributed by atoms with Crippen LogP contribution in [0.25, 0.3) is 0 Å². The predicted molar refractivity (Wildman–Crippen MR) is 103 cm³/mol. The van der Waals surface area contributed by atoms with Gasteiger partial charge in [-0.25, -0.2) is 4.79 Å². The van der Waals surface area contributed by atoms with E-state index < -0.39 is 5.97 Å². The van der Waals surface area contributed by atoms with Gasteiger partial charge in [0.05, 0.1) is 11.6 Å². The Labute approximate surface area is 154 Å². The van der Waals surface area contributed by atoms with Gasteiger partial charge in [-0.3, -0.25) is 0 Å². The first kappa shape index (κ1) is 15.9. The maximum absolute atomic E-state index is 11.5. The van der Waals surface area contributed by atoms with Crippen LogP contribution in [0.4, 0.5) is 5.69 Å². The minimum Gasteiger partial charge on any atom is -0.478 e. The van der Waals surface area contributed by atoms with E-state index in [0.29, 0.717) is 29.4 Å². The van der Waals surface area contributed by atoms with Gasteiger partial charge in [0.15, 0.2) is 0 Å². The van der Waals surface area contributed by atoms with E-state index in [0.717, 1.165) is 11.6 Å². The van der Waals surface area contributed by atoms with Crippen LogP contribution in [0.5, 0.6) is 0 Å². The van der Waals surface area contributed by atoms with E-state index in [9.17, 15) is 9.90 Å². The van der Waals surface area contributed by atoms with Gasteiger partial charge in [0.1, 0.15) is 0 Å². The standard InChI is InChI=1S/C23H25NO2/c1-12-3-4-13(2)17(9-12)22-21-15-6-5-14(10-15)20(21)18-11-16(23(25)26)7-8-19(18)24-22/h3-4,7-9,11,14-15,20-22,24H,5-6,10H2,1-2H3,(H,25,26)/t14-,15-,20+,21+,22-/m0/s1. The molecule has 0 unspecified atom stereocenters. The number of aromatic carboxylic acids is 1. The molecule has 3 heteroatoms. The molecule has 2 N–H and O–H groups in total. The van der Waals surface area contributed by atoms with Gasteiger partial charge in [-0.2, -0.15) is 0 Å². The summed E-state index contributed by atoms with van der Waals surface area (Å²) >= 11 is 0. The zero-order valence-corrected chi connectivity index (χ0v) is 15.3. The van der Waals surface area contributed by atoms with Crippen LogP contribution < -0.4 is 5.32 Å². The summed E-state index contributed by atoms with van der Waals surface area (Å²) in [6, 6.07) is 12.7. The molecule has 134 valence electrons. The minimum absolute atomic E-state index is 0.332. The van der Waals surface area contributed by atoms with Crippen LogP contribution in [-0.2, 0) is 0 Å². The summed E-state index contributed by atoms with van der Waals surface area (Å²) in [6.45, 7) is 4.37. The van der Waals surface area contributed by atoms with Crippen LogP contribution >= 0.6 is 0 Å². The Morgan fingerprint density at radius 3 is 2.65 bits per heavy atom. The van der Waals surface area contributed by atoms with Crippen LogP contribution in [0.1, 0.15) is 63.8 Å². The molecular weight excluding hydrogens is 322 g/mol. The number of hydrogen-bond acceptors (Lipinski definition) is 2. The smallest absolute Gasteiger partial charge is 0.335 e. The molecule has 1 aliphatic heterocycles. The Morgan fingerprint density at radius 1 is 1.04 bits per heavy atom. The van der Waals surface area contributed by atoms with Crippen molar-refractivity contribution in [2.75, 3.05) is 5.32 Å². The summed E-state index contributed by atoms with van der Waals surface area (Å²) in [5, 5.41) is 13.2. The second-order valence-corrected chi connectivity index (χ2v) is 8.53. The second kappa shape index (κ2) is 5.60. The average Bonchev–Trinajstić information content (AvgIpc) is 3.25. The van der Waals surface area contributed by atoms with Gasteiger partial charge in [0.25, 0.3) is 0 Å². The van der Waals surface area contributed by atoms with E-state index in [4.69, 9.17) is 0 Å². The zero-order chi connectivity index (χ0) is 18.0. The van der Waals surface area contributed by atoms with Crippen molar-refractivity contribution in [3.8, 4) is 0 Å². The van der Waals surface area contributed by atoms with E-state index in [1.807, 2.05) is 12.1 Å². The molecule has 2 aromatic carbocycles. The van der Waals surface area contributed by atoms with E-state index in [1.165, 1.54) is 41.5 Å². The lowest BCUT2D eigenvalue weighted by Crippen LogP contribution is -2.36. The molecule has 3 nitrogen and oxygen atoms in total. The number of carbonyl (C=O) groups is 1.